The third-order valence-electron chi connectivity index (χ3n) is 7.29. The minimum atomic E-state index is -2.44. The molecule has 2 unspecified atom stereocenters. The van der Waals surface area contributed by atoms with Crippen LogP contribution >= 0.6 is 10.6 Å². The molecule has 0 bridgehead atoms. The number of aromatic nitrogens is 2. The lowest BCUT2D eigenvalue weighted by Crippen LogP contribution is -2.56. The molecule has 184 valence electrons. The first-order valence-corrected chi connectivity index (χ1v) is 13.9. The predicted molar refractivity (Wildman–Crippen MR) is 132 cm³/mol. The van der Waals surface area contributed by atoms with E-state index in [9.17, 15) is 19.0 Å². The van der Waals surface area contributed by atoms with Crippen molar-refractivity contribution < 1.29 is 19.0 Å². The predicted octanol–water partition coefficient (Wildman–Crippen LogP) is 2.44. The molecule has 0 aliphatic carbocycles. The number of amides is 1. The van der Waals surface area contributed by atoms with Crippen LogP contribution in [0.2, 0.25) is 0 Å². The van der Waals surface area contributed by atoms with E-state index in [0.29, 0.717) is 42.4 Å². The largest absolute Gasteiger partial charge is 0.390 e. The molecule has 1 amide bonds. The molecule has 5 rings (SSSR count). The highest BCUT2D eigenvalue weighted by Crippen LogP contribution is 2.44. The normalized spacial score (nSPS) is 26.5. The van der Waals surface area contributed by atoms with Crippen LogP contribution in [0.25, 0.3) is 0 Å². The number of nitrogens with zero attached hydrogens (tertiary/aromatic N) is 4. The van der Waals surface area contributed by atoms with E-state index in [4.69, 9.17) is 0 Å². The van der Waals surface area contributed by atoms with Crippen molar-refractivity contribution in [2.45, 2.75) is 50.4 Å². The Morgan fingerprint density at radius 1 is 1.06 bits per heavy atom. The Morgan fingerprint density at radius 3 is 2.59 bits per heavy atom. The lowest BCUT2D eigenvalue weighted by molar-refractivity contribution is -0.0139. The molecule has 0 spiro atoms. The first-order valence-electron chi connectivity index (χ1n) is 12.0. The fraction of sp³-hybridized carbons (Fsp3) is 0.542. The maximum absolute atomic E-state index is 13.1. The topological polar surface area (TPSA) is 122 Å². The van der Waals surface area contributed by atoms with Crippen LogP contribution in [0.5, 0.6) is 0 Å². The van der Waals surface area contributed by atoms with Crippen LogP contribution < -0.4 is 5.32 Å². The van der Waals surface area contributed by atoms with E-state index in [1.165, 1.54) is 17.5 Å². The van der Waals surface area contributed by atoms with Crippen LogP contribution in [-0.4, -0.2) is 89.2 Å². The van der Waals surface area contributed by atoms with Gasteiger partial charge in [0.2, 0.25) is 0 Å². The SMILES string of the molecule is O=C(c1cc(NC2CCS(O)(O)CC2)ncn1)N1CCC(N2CCc3ccccc3C2)C(O)C1. The summed E-state index contributed by atoms with van der Waals surface area (Å²) < 4.78 is 19.6. The first-order chi connectivity index (χ1) is 16.4. The van der Waals surface area contributed by atoms with E-state index in [1.54, 1.807) is 11.0 Å². The minimum Gasteiger partial charge on any atom is -0.390 e. The van der Waals surface area contributed by atoms with Gasteiger partial charge in [0, 0.05) is 55.8 Å². The Kier molecular flexibility index (Phi) is 6.76. The summed E-state index contributed by atoms with van der Waals surface area (Å²) in [6, 6.07) is 10.2. The second-order valence-electron chi connectivity index (χ2n) is 9.58. The van der Waals surface area contributed by atoms with Gasteiger partial charge in [0.1, 0.15) is 17.8 Å². The fourth-order valence-electron chi connectivity index (χ4n) is 5.31. The van der Waals surface area contributed by atoms with Crippen LogP contribution in [0.4, 0.5) is 5.82 Å². The number of anilines is 1. The molecule has 2 aromatic rings. The van der Waals surface area contributed by atoms with E-state index in [2.05, 4.69) is 44.5 Å². The summed E-state index contributed by atoms with van der Waals surface area (Å²) in [5.41, 5.74) is 3.01. The van der Waals surface area contributed by atoms with Gasteiger partial charge in [0.05, 0.1) is 6.10 Å². The summed E-state index contributed by atoms with van der Waals surface area (Å²) in [6.07, 6.45) is 3.77. The fourth-order valence-corrected chi connectivity index (χ4v) is 6.84. The summed E-state index contributed by atoms with van der Waals surface area (Å²) >= 11 is 0. The van der Waals surface area contributed by atoms with Crippen molar-refractivity contribution in [1.82, 2.24) is 19.8 Å². The van der Waals surface area contributed by atoms with Crippen LogP contribution in [0.1, 0.15) is 40.9 Å². The summed E-state index contributed by atoms with van der Waals surface area (Å²) in [5, 5.41) is 14.2. The Hall–Kier alpha value is -2.24. The van der Waals surface area contributed by atoms with E-state index >= 15 is 0 Å². The number of carbonyl (C=O) groups excluding carboxylic acids is 1. The molecule has 2 atom stereocenters. The molecule has 0 radical (unpaired) electrons. The number of aliphatic hydroxyl groups is 1. The number of hydrogen-bond donors (Lipinski definition) is 4. The van der Waals surface area contributed by atoms with Gasteiger partial charge in [0.15, 0.2) is 0 Å². The molecule has 4 heterocycles. The number of fused-ring (bicyclic) bond motifs is 1. The number of piperidine rings is 1. The van der Waals surface area contributed by atoms with Crippen LogP contribution in [0, 0.1) is 0 Å². The molecule has 2 fully saturated rings. The smallest absolute Gasteiger partial charge is 0.272 e. The number of β-amino-alcohol motifs (C(OH)–C–C–N with tert-alkyl or cyclic N) is 1. The summed E-state index contributed by atoms with van der Waals surface area (Å²) in [6.45, 7) is 2.62. The number of benzene rings is 1. The Bertz CT molecular complexity index is 1030. The van der Waals surface area contributed by atoms with Gasteiger partial charge >= 0.3 is 0 Å². The molecule has 3 aliphatic rings. The van der Waals surface area contributed by atoms with Crippen molar-refractivity contribution in [2.75, 3.05) is 36.5 Å². The van der Waals surface area contributed by atoms with Gasteiger partial charge in [0.25, 0.3) is 5.91 Å². The maximum Gasteiger partial charge on any atom is 0.272 e. The lowest BCUT2D eigenvalue weighted by atomic mass is 9.94. The maximum atomic E-state index is 13.1. The number of nitrogens with one attached hydrogen (secondary N) is 1. The number of likely N-dealkylation sites (tertiary alicyclic amines) is 1. The Labute approximate surface area is 201 Å². The average molecular weight is 488 g/mol. The third-order valence-corrected chi connectivity index (χ3v) is 9.07. The van der Waals surface area contributed by atoms with Crippen LogP contribution in [0.15, 0.2) is 36.7 Å². The number of aliphatic hydroxyl groups excluding tert-OH is 1. The van der Waals surface area contributed by atoms with Gasteiger partial charge in [-0.25, -0.2) is 9.97 Å². The van der Waals surface area contributed by atoms with Crippen molar-refractivity contribution in [1.29, 1.82) is 0 Å². The third kappa shape index (κ3) is 5.21. The second kappa shape index (κ2) is 9.79. The van der Waals surface area contributed by atoms with Gasteiger partial charge in [-0.05, 0) is 36.8 Å². The zero-order valence-electron chi connectivity index (χ0n) is 19.2. The van der Waals surface area contributed by atoms with Crippen molar-refractivity contribution in [2.24, 2.45) is 0 Å². The monoisotopic (exact) mass is 487 g/mol. The van der Waals surface area contributed by atoms with E-state index in [1.807, 2.05) is 0 Å². The van der Waals surface area contributed by atoms with Crippen molar-refractivity contribution >= 4 is 22.3 Å². The molecule has 0 saturated carbocycles. The quantitative estimate of drug-likeness (QED) is 0.519. The number of carbonyl (C=O) groups is 1. The molecule has 4 N–H and O–H groups in total. The standard InChI is InChI=1S/C24H33N5O4S/c30-22-15-29(10-6-21(22)28-9-5-17-3-1-2-4-18(17)14-28)24(31)20-13-23(26-16-25-20)27-19-7-11-34(32,33)12-8-19/h1-4,13,16,19,21-22,30,32-33H,5-12,14-15H2,(H,25,26,27). The molecule has 10 heteroatoms. The van der Waals surface area contributed by atoms with Crippen LogP contribution in [-0.2, 0) is 13.0 Å². The van der Waals surface area contributed by atoms with Gasteiger partial charge in [-0.1, -0.05) is 24.3 Å². The van der Waals surface area contributed by atoms with Crippen LogP contribution in [0.3, 0.4) is 0 Å². The second-order valence-corrected chi connectivity index (χ2v) is 12.0. The van der Waals surface area contributed by atoms with Gasteiger partial charge in [-0.15, -0.1) is 0 Å². The van der Waals surface area contributed by atoms with Gasteiger partial charge < -0.3 is 15.3 Å². The summed E-state index contributed by atoms with van der Waals surface area (Å²) in [5.74, 6) is 1.13. The zero-order chi connectivity index (χ0) is 23.7. The molecule has 3 aliphatic heterocycles. The molecular weight excluding hydrogens is 454 g/mol. The van der Waals surface area contributed by atoms with Gasteiger partial charge in [-0.2, -0.15) is 10.6 Å². The summed E-state index contributed by atoms with van der Waals surface area (Å²) in [4.78, 5) is 25.6. The number of hydrogen-bond acceptors (Lipinski definition) is 8. The van der Waals surface area contributed by atoms with Crippen molar-refractivity contribution in [3.8, 4) is 0 Å². The molecule has 34 heavy (non-hydrogen) atoms. The molecule has 1 aromatic carbocycles. The average Bonchev–Trinajstić information content (AvgIpc) is 2.85. The highest BCUT2D eigenvalue weighted by Gasteiger charge is 2.35. The zero-order valence-corrected chi connectivity index (χ0v) is 20.0. The highest BCUT2D eigenvalue weighted by molar-refractivity contribution is 8.24. The lowest BCUT2D eigenvalue weighted by Gasteiger charge is -2.43. The van der Waals surface area contributed by atoms with Crippen molar-refractivity contribution in [3.05, 3.63) is 53.5 Å². The van der Waals surface area contributed by atoms with Crippen molar-refractivity contribution in [3.63, 3.8) is 0 Å². The summed E-state index contributed by atoms with van der Waals surface area (Å²) in [7, 11) is -2.44. The van der Waals surface area contributed by atoms with E-state index in [0.717, 1.165) is 25.9 Å². The van der Waals surface area contributed by atoms with E-state index in [-0.39, 0.29) is 24.5 Å². The number of rotatable bonds is 4. The Morgan fingerprint density at radius 2 is 1.82 bits per heavy atom. The molecule has 1 aromatic heterocycles. The van der Waals surface area contributed by atoms with Gasteiger partial charge in [-0.3, -0.25) is 18.8 Å². The van der Waals surface area contributed by atoms with E-state index < -0.39 is 16.7 Å². The highest BCUT2D eigenvalue weighted by atomic mass is 32.3. The Balaban J connectivity index is 1.18. The molecule has 2 saturated heterocycles. The minimum absolute atomic E-state index is 0.0404. The first kappa shape index (κ1) is 23.5. The molecular formula is C24H33N5O4S. The molecule has 9 nitrogen and oxygen atoms in total.